The quantitative estimate of drug-likeness (QED) is 0.772. The molecular formula is C14H20N2OS. The number of nitrogens with one attached hydrogen (secondary N) is 1. The normalized spacial score (nSPS) is 18.3. The van der Waals surface area contributed by atoms with Crippen molar-refractivity contribution in [3.05, 3.63) is 29.8 Å². The molecule has 0 aromatic heterocycles. The van der Waals surface area contributed by atoms with E-state index < -0.39 is 5.54 Å². The molecule has 1 aromatic rings. The summed E-state index contributed by atoms with van der Waals surface area (Å²) in [6.45, 7) is 2.07. The van der Waals surface area contributed by atoms with Gasteiger partial charge in [0.25, 0.3) is 0 Å². The third-order valence-electron chi connectivity index (χ3n) is 3.62. The number of benzene rings is 1. The third-order valence-corrected chi connectivity index (χ3v) is 4.80. The zero-order valence-corrected chi connectivity index (χ0v) is 11.7. The Labute approximate surface area is 113 Å². The van der Waals surface area contributed by atoms with Crippen molar-refractivity contribution in [2.24, 2.45) is 11.7 Å². The van der Waals surface area contributed by atoms with Crippen molar-refractivity contribution in [2.45, 2.75) is 30.2 Å². The molecule has 0 spiro atoms. The first kappa shape index (κ1) is 13.4. The summed E-state index contributed by atoms with van der Waals surface area (Å²) in [4.78, 5) is 13.0. The molecule has 3 nitrogen and oxygen atoms in total. The standard InChI is InChI=1S/C14H20N2OS/c1-10-4-3-5-12(8-10)18-9-14(16-2,13(15)17)11-6-7-11/h3-5,8,11,16H,6-7,9H2,1-2H3,(H2,15,17). The summed E-state index contributed by atoms with van der Waals surface area (Å²) in [5, 5.41) is 3.17. The van der Waals surface area contributed by atoms with Crippen molar-refractivity contribution in [1.82, 2.24) is 5.32 Å². The van der Waals surface area contributed by atoms with Crippen molar-refractivity contribution in [3.8, 4) is 0 Å². The van der Waals surface area contributed by atoms with Gasteiger partial charge in [0.05, 0.1) is 0 Å². The Kier molecular flexibility index (Phi) is 3.97. The molecule has 4 heteroatoms. The summed E-state index contributed by atoms with van der Waals surface area (Å²) >= 11 is 1.70. The first-order chi connectivity index (χ1) is 8.58. The number of carbonyl (C=O) groups is 1. The molecule has 18 heavy (non-hydrogen) atoms. The average Bonchev–Trinajstić information content (AvgIpc) is 3.15. The highest BCUT2D eigenvalue weighted by Gasteiger charge is 2.48. The second-order valence-electron chi connectivity index (χ2n) is 4.97. The number of hydrogen-bond donors (Lipinski definition) is 2. The minimum absolute atomic E-state index is 0.229. The molecule has 3 N–H and O–H groups in total. The van der Waals surface area contributed by atoms with Crippen LogP contribution in [0.5, 0.6) is 0 Å². The zero-order valence-electron chi connectivity index (χ0n) is 10.9. The zero-order chi connectivity index (χ0) is 13.2. The van der Waals surface area contributed by atoms with Gasteiger partial charge in [-0.25, -0.2) is 0 Å². The molecule has 1 fully saturated rings. The first-order valence-corrected chi connectivity index (χ1v) is 7.25. The molecule has 1 aliphatic rings. The average molecular weight is 264 g/mol. The number of rotatable bonds is 6. The molecule has 1 aromatic carbocycles. The van der Waals surface area contributed by atoms with Crippen LogP contribution in [0.1, 0.15) is 18.4 Å². The Hall–Kier alpha value is -1.00. The fourth-order valence-corrected chi connectivity index (χ4v) is 3.63. The molecule has 1 aliphatic carbocycles. The lowest BCUT2D eigenvalue weighted by Gasteiger charge is -2.30. The van der Waals surface area contributed by atoms with Gasteiger partial charge in [-0.3, -0.25) is 4.79 Å². The predicted octanol–water partition coefficient (Wildman–Crippen LogP) is 1.94. The predicted molar refractivity (Wildman–Crippen MR) is 75.6 cm³/mol. The molecule has 98 valence electrons. The molecular weight excluding hydrogens is 244 g/mol. The fraction of sp³-hybridized carbons (Fsp3) is 0.500. The van der Waals surface area contributed by atoms with Gasteiger partial charge in [0.15, 0.2) is 0 Å². The molecule has 2 rings (SSSR count). The van der Waals surface area contributed by atoms with Crippen LogP contribution < -0.4 is 11.1 Å². The summed E-state index contributed by atoms with van der Waals surface area (Å²) < 4.78 is 0. The van der Waals surface area contributed by atoms with Crippen LogP contribution in [-0.4, -0.2) is 24.2 Å². The van der Waals surface area contributed by atoms with Gasteiger partial charge in [-0.2, -0.15) is 0 Å². The number of amides is 1. The van der Waals surface area contributed by atoms with Crippen LogP contribution in [0.2, 0.25) is 0 Å². The highest BCUT2D eigenvalue weighted by Crippen LogP contribution is 2.42. The van der Waals surface area contributed by atoms with Gasteiger partial charge in [0.1, 0.15) is 5.54 Å². The van der Waals surface area contributed by atoms with Crippen molar-refractivity contribution in [1.29, 1.82) is 0 Å². The summed E-state index contributed by atoms with van der Waals surface area (Å²) in [6, 6.07) is 8.33. The maximum atomic E-state index is 11.8. The molecule has 1 atom stereocenters. The number of primary amides is 1. The minimum Gasteiger partial charge on any atom is -0.368 e. The molecule has 0 saturated heterocycles. The summed E-state index contributed by atoms with van der Waals surface area (Å²) in [7, 11) is 1.83. The van der Waals surface area contributed by atoms with E-state index in [2.05, 4.69) is 30.4 Å². The summed E-state index contributed by atoms with van der Waals surface area (Å²) in [5.41, 5.74) is 6.29. The van der Waals surface area contributed by atoms with Gasteiger partial charge in [-0.05, 0) is 44.9 Å². The first-order valence-electron chi connectivity index (χ1n) is 6.27. The SMILES string of the molecule is CNC(CSc1cccc(C)c1)(C(N)=O)C1CC1. The Morgan fingerprint density at radius 1 is 1.56 bits per heavy atom. The van der Waals surface area contributed by atoms with Crippen LogP contribution in [0.3, 0.4) is 0 Å². The maximum Gasteiger partial charge on any atom is 0.238 e. The van der Waals surface area contributed by atoms with E-state index in [0.29, 0.717) is 11.7 Å². The third kappa shape index (κ3) is 2.70. The second kappa shape index (κ2) is 5.33. The van der Waals surface area contributed by atoms with Gasteiger partial charge >= 0.3 is 0 Å². The monoisotopic (exact) mass is 264 g/mol. The van der Waals surface area contributed by atoms with Crippen LogP contribution >= 0.6 is 11.8 Å². The molecule has 1 unspecified atom stereocenters. The van der Waals surface area contributed by atoms with Crippen LogP contribution in [0.4, 0.5) is 0 Å². The van der Waals surface area contributed by atoms with E-state index in [9.17, 15) is 4.79 Å². The van der Waals surface area contributed by atoms with E-state index in [-0.39, 0.29) is 5.91 Å². The highest BCUT2D eigenvalue weighted by molar-refractivity contribution is 7.99. The minimum atomic E-state index is -0.547. The number of likely N-dealkylation sites (N-methyl/N-ethyl adjacent to an activating group) is 1. The largest absolute Gasteiger partial charge is 0.368 e. The highest BCUT2D eigenvalue weighted by atomic mass is 32.2. The second-order valence-corrected chi connectivity index (χ2v) is 6.01. The fourth-order valence-electron chi connectivity index (χ4n) is 2.27. The molecule has 0 heterocycles. The lowest BCUT2D eigenvalue weighted by molar-refractivity contribution is -0.124. The van der Waals surface area contributed by atoms with E-state index >= 15 is 0 Å². The number of hydrogen-bond acceptors (Lipinski definition) is 3. The summed E-state index contributed by atoms with van der Waals surface area (Å²) in [6.07, 6.45) is 2.19. The van der Waals surface area contributed by atoms with Crippen molar-refractivity contribution < 1.29 is 4.79 Å². The van der Waals surface area contributed by atoms with E-state index in [0.717, 1.165) is 12.8 Å². The topological polar surface area (TPSA) is 55.1 Å². The van der Waals surface area contributed by atoms with Crippen LogP contribution in [0.25, 0.3) is 0 Å². The van der Waals surface area contributed by atoms with Crippen molar-refractivity contribution >= 4 is 17.7 Å². The Balaban J connectivity index is 2.08. The van der Waals surface area contributed by atoms with Gasteiger partial charge in [-0.15, -0.1) is 11.8 Å². The van der Waals surface area contributed by atoms with Crippen LogP contribution in [0, 0.1) is 12.8 Å². The van der Waals surface area contributed by atoms with E-state index in [4.69, 9.17) is 5.73 Å². The van der Waals surface area contributed by atoms with Crippen LogP contribution in [-0.2, 0) is 4.79 Å². The molecule has 0 aliphatic heterocycles. The van der Waals surface area contributed by atoms with E-state index in [1.807, 2.05) is 13.1 Å². The van der Waals surface area contributed by atoms with Crippen molar-refractivity contribution in [3.63, 3.8) is 0 Å². The van der Waals surface area contributed by atoms with Gasteiger partial charge in [-0.1, -0.05) is 17.7 Å². The number of aryl methyl sites for hydroxylation is 1. The lowest BCUT2D eigenvalue weighted by Crippen LogP contribution is -2.57. The maximum absolute atomic E-state index is 11.8. The smallest absolute Gasteiger partial charge is 0.238 e. The molecule has 1 saturated carbocycles. The van der Waals surface area contributed by atoms with Gasteiger partial charge < -0.3 is 11.1 Å². The molecule has 1 amide bonds. The Morgan fingerprint density at radius 3 is 2.78 bits per heavy atom. The van der Waals surface area contributed by atoms with Crippen molar-refractivity contribution in [2.75, 3.05) is 12.8 Å². The number of nitrogens with two attached hydrogens (primary N) is 1. The Morgan fingerprint density at radius 2 is 2.28 bits per heavy atom. The number of carbonyl (C=O) groups excluding carboxylic acids is 1. The van der Waals surface area contributed by atoms with Gasteiger partial charge in [0, 0.05) is 10.6 Å². The van der Waals surface area contributed by atoms with Crippen LogP contribution in [0.15, 0.2) is 29.2 Å². The van der Waals surface area contributed by atoms with E-state index in [1.54, 1.807) is 11.8 Å². The van der Waals surface area contributed by atoms with E-state index in [1.165, 1.54) is 10.5 Å². The van der Waals surface area contributed by atoms with Gasteiger partial charge in [0.2, 0.25) is 5.91 Å². The number of thioether (sulfide) groups is 1. The lowest BCUT2D eigenvalue weighted by atomic mass is 9.95. The molecule has 0 radical (unpaired) electrons. The summed E-state index contributed by atoms with van der Waals surface area (Å²) in [5.74, 6) is 0.873. The molecule has 0 bridgehead atoms. The Bertz CT molecular complexity index is 445.